The molecule has 1 saturated heterocycles. The summed E-state index contributed by atoms with van der Waals surface area (Å²) in [5.74, 6) is 0. The summed E-state index contributed by atoms with van der Waals surface area (Å²) < 4.78 is 0. The van der Waals surface area contributed by atoms with Gasteiger partial charge in [-0.05, 0) is 45.0 Å². The molecule has 3 heteroatoms. The topological polar surface area (TPSA) is 32.5 Å². The first kappa shape index (κ1) is 13.4. The van der Waals surface area contributed by atoms with Crippen LogP contribution in [0, 0.1) is 6.92 Å². The van der Waals surface area contributed by atoms with Crippen molar-refractivity contribution in [3.63, 3.8) is 0 Å². The highest BCUT2D eigenvalue weighted by atomic mass is 15.3. The fourth-order valence-corrected chi connectivity index (χ4v) is 2.47. The minimum absolute atomic E-state index is 0.823. The first-order valence-corrected chi connectivity index (χ1v) is 7.03. The van der Waals surface area contributed by atoms with Crippen LogP contribution >= 0.6 is 0 Å². The zero-order chi connectivity index (χ0) is 12.8. The number of anilines is 1. The van der Waals surface area contributed by atoms with Gasteiger partial charge in [-0.25, -0.2) is 0 Å². The third-order valence-corrected chi connectivity index (χ3v) is 3.70. The van der Waals surface area contributed by atoms with Crippen LogP contribution in [-0.2, 0) is 0 Å². The van der Waals surface area contributed by atoms with Crippen LogP contribution in [0.15, 0.2) is 24.3 Å². The van der Waals surface area contributed by atoms with Gasteiger partial charge in [0.25, 0.3) is 0 Å². The van der Waals surface area contributed by atoms with Crippen LogP contribution in [0.3, 0.4) is 0 Å². The van der Waals surface area contributed by atoms with Crippen molar-refractivity contribution >= 4 is 5.69 Å². The Labute approximate surface area is 111 Å². The van der Waals surface area contributed by atoms with E-state index in [1.165, 1.54) is 37.3 Å². The molecule has 1 fully saturated rings. The third-order valence-electron chi connectivity index (χ3n) is 3.70. The number of benzene rings is 1. The molecule has 18 heavy (non-hydrogen) atoms. The van der Waals surface area contributed by atoms with Crippen molar-refractivity contribution in [3.8, 4) is 0 Å². The predicted molar refractivity (Wildman–Crippen MR) is 78.1 cm³/mol. The summed E-state index contributed by atoms with van der Waals surface area (Å²) in [6.45, 7) is 8.82. The van der Waals surface area contributed by atoms with E-state index in [1.54, 1.807) is 0 Å². The van der Waals surface area contributed by atoms with Gasteiger partial charge in [0.1, 0.15) is 0 Å². The fourth-order valence-electron chi connectivity index (χ4n) is 2.47. The minimum atomic E-state index is 0.823. The molecule has 2 rings (SSSR count). The van der Waals surface area contributed by atoms with Crippen LogP contribution in [0.4, 0.5) is 5.69 Å². The minimum Gasteiger partial charge on any atom is -0.369 e. The average molecular weight is 247 g/mol. The Balaban J connectivity index is 1.77. The maximum Gasteiger partial charge on any atom is 0.0367 e. The molecular formula is C15H25N3. The number of hydrogen-bond donors (Lipinski definition) is 1. The molecule has 1 aromatic rings. The van der Waals surface area contributed by atoms with Gasteiger partial charge in [0.15, 0.2) is 0 Å². The molecule has 0 aromatic heterocycles. The standard InChI is InChI=1S/C15H25N3/c1-14-4-6-15(7-5-14)18-12-10-17(11-13-18)9-3-2-8-16/h4-7H,2-3,8-13,16H2,1H3. The maximum atomic E-state index is 5.53. The van der Waals surface area contributed by atoms with Gasteiger partial charge in [0.2, 0.25) is 0 Å². The summed E-state index contributed by atoms with van der Waals surface area (Å²) in [6.07, 6.45) is 2.39. The molecule has 0 radical (unpaired) electrons. The second-order valence-corrected chi connectivity index (χ2v) is 5.16. The van der Waals surface area contributed by atoms with E-state index in [0.717, 1.165) is 26.1 Å². The lowest BCUT2D eigenvalue weighted by atomic mass is 10.2. The van der Waals surface area contributed by atoms with Crippen LogP contribution in [-0.4, -0.2) is 44.2 Å². The Morgan fingerprint density at radius 1 is 1.00 bits per heavy atom. The number of nitrogens with two attached hydrogens (primary N) is 1. The fraction of sp³-hybridized carbons (Fsp3) is 0.600. The van der Waals surface area contributed by atoms with Crippen molar-refractivity contribution in [2.45, 2.75) is 19.8 Å². The molecule has 2 N–H and O–H groups in total. The van der Waals surface area contributed by atoms with E-state index in [9.17, 15) is 0 Å². The van der Waals surface area contributed by atoms with Crippen LogP contribution in [0.25, 0.3) is 0 Å². The Bertz CT molecular complexity index is 339. The molecule has 0 aliphatic carbocycles. The summed E-state index contributed by atoms with van der Waals surface area (Å²) in [5, 5.41) is 0. The quantitative estimate of drug-likeness (QED) is 0.806. The molecule has 0 spiro atoms. The number of rotatable bonds is 5. The molecule has 0 saturated carbocycles. The van der Waals surface area contributed by atoms with E-state index in [-0.39, 0.29) is 0 Å². The summed E-state index contributed by atoms with van der Waals surface area (Å²) in [5.41, 5.74) is 8.22. The highest BCUT2D eigenvalue weighted by Gasteiger charge is 2.16. The highest BCUT2D eigenvalue weighted by Crippen LogP contribution is 2.17. The van der Waals surface area contributed by atoms with Gasteiger partial charge >= 0.3 is 0 Å². The highest BCUT2D eigenvalue weighted by molar-refractivity contribution is 5.47. The van der Waals surface area contributed by atoms with Crippen LogP contribution in [0.5, 0.6) is 0 Å². The molecule has 1 heterocycles. The van der Waals surface area contributed by atoms with Gasteiger partial charge in [0.05, 0.1) is 0 Å². The average Bonchev–Trinajstić information content (AvgIpc) is 2.41. The molecule has 3 nitrogen and oxygen atoms in total. The third kappa shape index (κ3) is 3.72. The zero-order valence-electron chi connectivity index (χ0n) is 11.4. The first-order valence-electron chi connectivity index (χ1n) is 7.03. The molecule has 0 amide bonds. The smallest absolute Gasteiger partial charge is 0.0367 e. The second kappa shape index (κ2) is 6.76. The van der Waals surface area contributed by atoms with Gasteiger partial charge < -0.3 is 10.6 Å². The van der Waals surface area contributed by atoms with Crippen molar-refractivity contribution in [3.05, 3.63) is 29.8 Å². The number of nitrogens with zero attached hydrogens (tertiary/aromatic N) is 2. The summed E-state index contributed by atoms with van der Waals surface area (Å²) in [7, 11) is 0. The zero-order valence-corrected chi connectivity index (χ0v) is 11.4. The van der Waals surface area contributed by atoms with E-state index in [2.05, 4.69) is 41.0 Å². The van der Waals surface area contributed by atoms with Crippen molar-refractivity contribution in [1.82, 2.24) is 4.90 Å². The number of aryl methyl sites for hydroxylation is 1. The van der Waals surface area contributed by atoms with Crippen molar-refractivity contribution in [2.24, 2.45) is 5.73 Å². The number of unbranched alkanes of at least 4 members (excludes halogenated alkanes) is 1. The molecule has 1 aromatic carbocycles. The van der Waals surface area contributed by atoms with Crippen molar-refractivity contribution in [1.29, 1.82) is 0 Å². The predicted octanol–water partition coefficient (Wildman–Crippen LogP) is 1.86. The summed E-state index contributed by atoms with van der Waals surface area (Å²) in [6, 6.07) is 8.87. The number of piperazine rings is 1. The molecule has 0 unspecified atom stereocenters. The Hall–Kier alpha value is -1.06. The molecule has 0 bridgehead atoms. The van der Waals surface area contributed by atoms with Crippen LogP contribution in [0.2, 0.25) is 0 Å². The van der Waals surface area contributed by atoms with Crippen molar-refractivity contribution < 1.29 is 0 Å². The first-order chi connectivity index (χ1) is 8.79. The second-order valence-electron chi connectivity index (χ2n) is 5.16. The van der Waals surface area contributed by atoms with E-state index < -0.39 is 0 Å². The Morgan fingerprint density at radius 3 is 2.28 bits per heavy atom. The maximum absolute atomic E-state index is 5.53. The van der Waals surface area contributed by atoms with Gasteiger partial charge in [-0.3, -0.25) is 4.90 Å². The molecule has 0 atom stereocenters. The largest absolute Gasteiger partial charge is 0.369 e. The van der Waals surface area contributed by atoms with E-state index >= 15 is 0 Å². The van der Waals surface area contributed by atoms with Gasteiger partial charge in [-0.15, -0.1) is 0 Å². The monoisotopic (exact) mass is 247 g/mol. The van der Waals surface area contributed by atoms with E-state index in [0.29, 0.717) is 0 Å². The van der Waals surface area contributed by atoms with E-state index in [1.807, 2.05) is 0 Å². The summed E-state index contributed by atoms with van der Waals surface area (Å²) >= 11 is 0. The molecule has 1 aliphatic heterocycles. The molecule has 100 valence electrons. The van der Waals surface area contributed by atoms with Gasteiger partial charge in [0, 0.05) is 31.9 Å². The normalized spacial score (nSPS) is 17.1. The number of hydrogen-bond acceptors (Lipinski definition) is 3. The lowest BCUT2D eigenvalue weighted by Crippen LogP contribution is -2.46. The SMILES string of the molecule is Cc1ccc(N2CCN(CCCCN)CC2)cc1. The summed E-state index contributed by atoms with van der Waals surface area (Å²) in [4.78, 5) is 5.04. The van der Waals surface area contributed by atoms with Crippen LogP contribution < -0.4 is 10.6 Å². The Morgan fingerprint density at radius 2 is 1.67 bits per heavy atom. The van der Waals surface area contributed by atoms with E-state index in [4.69, 9.17) is 5.73 Å². The molecular weight excluding hydrogens is 222 g/mol. The lowest BCUT2D eigenvalue weighted by Gasteiger charge is -2.36. The van der Waals surface area contributed by atoms with Gasteiger partial charge in [-0.1, -0.05) is 17.7 Å². The van der Waals surface area contributed by atoms with Crippen molar-refractivity contribution in [2.75, 3.05) is 44.2 Å². The molecule has 1 aliphatic rings. The van der Waals surface area contributed by atoms with Gasteiger partial charge in [-0.2, -0.15) is 0 Å². The lowest BCUT2D eigenvalue weighted by molar-refractivity contribution is 0.253. The Kier molecular flexibility index (Phi) is 5.02. The van der Waals surface area contributed by atoms with Crippen LogP contribution in [0.1, 0.15) is 18.4 Å².